The van der Waals surface area contributed by atoms with Crippen LogP contribution in [0.3, 0.4) is 0 Å². The number of hydrogen-bond acceptors (Lipinski definition) is 3. The predicted octanol–water partition coefficient (Wildman–Crippen LogP) is 2.17. The van der Waals surface area contributed by atoms with Gasteiger partial charge in [0.15, 0.2) is 0 Å². The number of rotatable bonds is 6. The van der Waals surface area contributed by atoms with Gasteiger partial charge in [-0.15, -0.1) is 0 Å². The van der Waals surface area contributed by atoms with Crippen molar-refractivity contribution in [1.29, 1.82) is 0 Å². The molecule has 2 N–H and O–H groups in total. The second kappa shape index (κ2) is 6.69. The van der Waals surface area contributed by atoms with Gasteiger partial charge in [0.05, 0.1) is 6.54 Å². The van der Waals surface area contributed by atoms with E-state index in [1.54, 1.807) is 0 Å². The minimum atomic E-state index is -1.05. The molecule has 0 spiro atoms. The molecule has 2 aromatic rings. The summed E-state index contributed by atoms with van der Waals surface area (Å²) in [4.78, 5) is 22.8. The van der Waals surface area contributed by atoms with Crippen LogP contribution in [0.2, 0.25) is 0 Å². The van der Waals surface area contributed by atoms with Crippen LogP contribution < -0.4 is 5.32 Å². The van der Waals surface area contributed by atoms with E-state index in [0.29, 0.717) is 0 Å². The molecule has 21 heavy (non-hydrogen) atoms. The van der Waals surface area contributed by atoms with Gasteiger partial charge in [0.25, 0.3) is 0 Å². The molecule has 0 aliphatic rings. The highest BCUT2D eigenvalue weighted by Gasteiger charge is 2.11. The molecule has 0 atom stereocenters. The maximum absolute atomic E-state index is 11.8. The first kappa shape index (κ1) is 14.8. The van der Waals surface area contributed by atoms with Gasteiger partial charge in [-0.1, -0.05) is 19.1 Å². The molecule has 0 aliphatic heterocycles. The lowest BCUT2D eigenvalue weighted by Gasteiger charge is -2.07. The van der Waals surface area contributed by atoms with Crippen LogP contribution in [0.15, 0.2) is 36.5 Å². The number of carbonyl (C=O) groups excluding carboxylic acids is 1. The number of amides is 1. The van der Waals surface area contributed by atoms with E-state index in [1.807, 2.05) is 24.3 Å². The zero-order valence-electron chi connectivity index (χ0n) is 11.7. The fraction of sp³-hybridized carbons (Fsp3) is 0.267. The molecular weight excluding hydrogens is 270 g/mol. The van der Waals surface area contributed by atoms with Gasteiger partial charge in [0.1, 0.15) is 5.69 Å². The summed E-state index contributed by atoms with van der Waals surface area (Å²) in [5.41, 5.74) is 2.02. The normalized spacial score (nSPS) is 10.3. The third-order valence-corrected chi connectivity index (χ3v) is 3.13. The van der Waals surface area contributed by atoms with E-state index in [-0.39, 0.29) is 24.6 Å². The van der Waals surface area contributed by atoms with E-state index in [0.717, 1.165) is 12.1 Å². The van der Waals surface area contributed by atoms with Crippen molar-refractivity contribution in [2.45, 2.75) is 26.3 Å². The monoisotopic (exact) mass is 287 g/mol. The fourth-order valence-electron chi connectivity index (χ4n) is 1.95. The maximum Gasteiger partial charge on any atom is 0.354 e. The first-order chi connectivity index (χ1) is 10.1. The zero-order chi connectivity index (χ0) is 15.2. The molecule has 0 aliphatic carbocycles. The Hall–Kier alpha value is -2.63. The van der Waals surface area contributed by atoms with Gasteiger partial charge < -0.3 is 10.4 Å². The first-order valence-corrected chi connectivity index (χ1v) is 6.74. The second-order valence-electron chi connectivity index (χ2n) is 4.59. The summed E-state index contributed by atoms with van der Waals surface area (Å²) in [6, 6.07) is 9.04. The summed E-state index contributed by atoms with van der Waals surface area (Å²) in [5, 5.41) is 15.6. The number of nitrogens with zero attached hydrogens (tertiary/aromatic N) is 2. The lowest BCUT2D eigenvalue weighted by atomic mass is 10.1. The van der Waals surface area contributed by atoms with E-state index >= 15 is 0 Å². The Labute approximate surface area is 122 Å². The molecule has 1 amide bonds. The van der Waals surface area contributed by atoms with Gasteiger partial charge in [0.2, 0.25) is 5.91 Å². The predicted molar refractivity (Wildman–Crippen MR) is 78.3 cm³/mol. The highest BCUT2D eigenvalue weighted by Crippen LogP contribution is 2.10. The molecule has 0 saturated heterocycles. The summed E-state index contributed by atoms with van der Waals surface area (Å²) in [6.07, 6.45) is 2.52. The van der Waals surface area contributed by atoms with Crippen LogP contribution in [0, 0.1) is 0 Å². The molecule has 6 nitrogen and oxygen atoms in total. The summed E-state index contributed by atoms with van der Waals surface area (Å²) in [5.74, 6) is -1.23. The van der Waals surface area contributed by atoms with Gasteiger partial charge in [-0.25, -0.2) is 4.79 Å². The molecule has 1 heterocycles. The molecule has 0 fully saturated rings. The SMILES string of the molecule is CCc1ccc(NC(=O)CCn2nccc2C(=O)O)cc1. The van der Waals surface area contributed by atoms with E-state index in [9.17, 15) is 9.59 Å². The average Bonchev–Trinajstić information content (AvgIpc) is 2.94. The van der Waals surface area contributed by atoms with Gasteiger partial charge in [-0.2, -0.15) is 5.10 Å². The van der Waals surface area contributed by atoms with Crippen LogP contribution in [0.4, 0.5) is 5.69 Å². The smallest absolute Gasteiger partial charge is 0.354 e. The van der Waals surface area contributed by atoms with Crippen LogP contribution >= 0.6 is 0 Å². The van der Waals surface area contributed by atoms with Crippen molar-refractivity contribution in [3.63, 3.8) is 0 Å². The largest absolute Gasteiger partial charge is 0.477 e. The Bertz CT molecular complexity index is 632. The van der Waals surface area contributed by atoms with Crippen molar-refractivity contribution >= 4 is 17.6 Å². The Morgan fingerprint density at radius 2 is 1.95 bits per heavy atom. The lowest BCUT2D eigenvalue weighted by Crippen LogP contribution is -2.17. The third kappa shape index (κ3) is 3.92. The number of benzene rings is 1. The average molecular weight is 287 g/mol. The molecule has 0 radical (unpaired) electrons. The molecule has 0 unspecified atom stereocenters. The summed E-state index contributed by atoms with van der Waals surface area (Å²) >= 11 is 0. The number of carbonyl (C=O) groups is 2. The Kier molecular flexibility index (Phi) is 4.71. The van der Waals surface area contributed by atoms with Crippen LogP contribution in [0.5, 0.6) is 0 Å². The van der Waals surface area contributed by atoms with Crippen molar-refractivity contribution in [2.75, 3.05) is 5.32 Å². The molecule has 2 rings (SSSR count). The van der Waals surface area contributed by atoms with Crippen LogP contribution in [-0.2, 0) is 17.8 Å². The molecule has 0 saturated carbocycles. The van der Waals surface area contributed by atoms with Gasteiger partial charge >= 0.3 is 5.97 Å². The van der Waals surface area contributed by atoms with Gasteiger partial charge in [-0.05, 0) is 30.2 Å². The first-order valence-electron chi connectivity index (χ1n) is 6.74. The number of carboxylic acid groups (broad SMARTS) is 1. The number of aryl methyl sites for hydroxylation is 2. The molecular formula is C15H17N3O3. The van der Waals surface area contributed by atoms with Crippen molar-refractivity contribution in [1.82, 2.24) is 9.78 Å². The molecule has 110 valence electrons. The molecule has 1 aromatic heterocycles. The van der Waals surface area contributed by atoms with Crippen molar-refractivity contribution in [2.24, 2.45) is 0 Å². The number of anilines is 1. The second-order valence-corrected chi connectivity index (χ2v) is 4.59. The highest BCUT2D eigenvalue weighted by atomic mass is 16.4. The molecule has 0 bridgehead atoms. The highest BCUT2D eigenvalue weighted by molar-refractivity contribution is 5.90. The van der Waals surface area contributed by atoms with Crippen molar-refractivity contribution in [3.05, 3.63) is 47.8 Å². The number of aromatic nitrogens is 2. The lowest BCUT2D eigenvalue weighted by molar-refractivity contribution is -0.116. The van der Waals surface area contributed by atoms with E-state index in [2.05, 4.69) is 17.3 Å². The van der Waals surface area contributed by atoms with E-state index in [1.165, 1.54) is 22.5 Å². The number of carboxylic acids is 1. The quantitative estimate of drug-likeness (QED) is 0.852. The van der Waals surface area contributed by atoms with Crippen LogP contribution in [0.25, 0.3) is 0 Å². The Balaban J connectivity index is 1.89. The minimum Gasteiger partial charge on any atom is -0.477 e. The van der Waals surface area contributed by atoms with E-state index in [4.69, 9.17) is 5.11 Å². The maximum atomic E-state index is 11.8. The van der Waals surface area contributed by atoms with Crippen LogP contribution in [0.1, 0.15) is 29.4 Å². The standard InChI is InChI=1S/C15H17N3O3/c1-2-11-3-5-12(6-4-11)17-14(19)8-10-18-13(15(20)21)7-9-16-18/h3-7,9H,2,8,10H2,1H3,(H,17,19)(H,20,21). The topological polar surface area (TPSA) is 84.2 Å². The Morgan fingerprint density at radius 1 is 1.24 bits per heavy atom. The summed E-state index contributed by atoms with van der Waals surface area (Å²) in [6.45, 7) is 2.30. The van der Waals surface area contributed by atoms with Crippen molar-refractivity contribution < 1.29 is 14.7 Å². The molecule has 1 aromatic carbocycles. The van der Waals surface area contributed by atoms with Crippen LogP contribution in [-0.4, -0.2) is 26.8 Å². The van der Waals surface area contributed by atoms with E-state index < -0.39 is 5.97 Å². The van der Waals surface area contributed by atoms with Crippen molar-refractivity contribution in [3.8, 4) is 0 Å². The molecule has 6 heteroatoms. The fourth-order valence-corrected chi connectivity index (χ4v) is 1.95. The van der Waals surface area contributed by atoms with Gasteiger partial charge in [0, 0.05) is 18.3 Å². The summed E-state index contributed by atoms with van der Waals surface area (Å²) < 4.78 is 1.31. The number of nitrogens with one attached hydrogen (secondary N) is 1. The number of aromatic carboxylic acids is 1. The Morgan fingerprint density at radius 3 is 2.57 bits per heavy atom. The summed E-state index contributed by atoms with van der Waals surface area (Å²) in [7, 11) is 0. The number of hydrogen-bond donors (Lipinski definition) is 2. The zero-order valence-corrected chi connectivity index (χ0v) is 11.7. The minimum absolute atomic E-state index is 0.0788. The third-order valence-electron chi connectivity index (χ3n) is 3.13. The van der Waals surface area contributed by atoms with Gasteiger partial charge in [-0.3, -0.25) is 9.48 Å².